The Morgan fingerprint density at radius 1 is 1.24 bits per heavy atom. The lowest BCUT2D eigenvalue weighted by molar-refractivity contribution is -0.0285. The topological polar surface area (TPSA) is 32.3 Å². The van der Waals surface area contributed by atoms with Crippen LogP contribution >= 0.6 is 11.6 Å². The Morgan fingerprint density at radius 2 is 2.10 bits per heavy atom. The SMILES string of the molecule is OC1C(CNC2CCc3ccc(Cl)cc32)CCC12CCC2. The molecule has 21 heavy (non-hydrogen) atoms. The van der Waals surface area contributed by atoms with E-state index in [4.69, 9.17) is 11.6 Å². The predicted molar refractivity (Wildman–Crippen MR) is 85.5 cm³/mol. The molecule has 0 saturated heterocycles. The number of hydrogen-bond donors (Lipinski definition) is 2. The summed E-state index contributed by atoms with van der Waals surface area (Å²) in [7, 11) is 0. The molecule has 2 fully saturated rings. The van der Waals surface area contributed by atoms with Crippen molar-refractivity contribution in [1.29, 1.82) is 0 Å². The first-order valence-corrected chi connectivity index (χ1v) is 8.76. The Labute approximate surface area is 131 Å². The second-order valence-corrected chi connectivity index (χ2v) is 7.74. The van der Waals surface area contributed by atoms with Crippen LogP contribution < -0.4 is 5.32 Å². The van der Waals surface area contributed by atoms with Gasteiger partial charge in [-0.05, 0) is 73.1 Å². The molecule has 4 rings (SSSR count). The molecule has 0 bridgehead atoms. The fourth-order valence-electron chi connectivity index (χ4n) is 4.75. The number of fused-ring (bicyclic) bond motifs is 1. The van der Waals surface area contributed by atoms with E-state index in [1.807, 2.05) is 6.07 Å². The Bertz CT molecular complexity index is 540. The highest BCUT2D eigenvalue weighted by atomic mass is 35.5. The zero-order chi connectivity index (χ0) is 14.4. The van der Waals surface area contributed by atoms with Crippen LogP contribution in [0.5, 0.6) is 0 Å². The van der Waals surface area contributed by atoms with Gasteiger partial charge in [-0.3, -0.25) is 0 Å². The van der Waals surface area contributed by atoms with Crippen LogP contribution in [-0.4, -0.2) is 17.8 Å². The number of benzene rings is 1. The number of aryl methyl sites for hydroxylation is 1. The van der Waals surface area contributed by atoms with Gasteiger partial charge in [-0.1, -0.05) is 24.1 Å². The normalized spacial score (nSPS) is 33.1. The maximum Gasteiger partial charge on any atom is 0.0636 e. The van der Waals surface area contributed by atoms with Gasteiger partial charge in [0.25, 0.3) is 0 Å². The summed E-state index contributed by atoms with van der Waals surface area (Å²) >= 11 is 6.14. The van der Waals surface area contributed by atoms with Crippen molar-refractivity contribution in [3.8, 4) is 0 Å². The van der Waals surface area contributed by atoms with Gasteiger partial charge in [0.05, 0.1) is 6.10 Å². The first kappa shape index (κ1) is 14.0. The fraction of sp³-hybridized carbons (Fsp3) is 0.667. The summed E-state index contributed by atoms with van der Waals surface area (Å²) in [6.07, 6.45) is 8.42. The summed E-state index contributed by atoms with van der Waals surface area (Å²) in [5.74, 6) is 0.438. The number of hydrogen-bond acceptors (Lipinski definition) is 2. The lowest BCUT2D eigenvalue weighted by Crippen LogP contribution is -2.41. The van der Waals surface area contributed by atoms with Gasteiger partial charge in [0.1, 0.15) is 0 Å². The molecular weight excluding hydrogens is 282 g/mol. The maximum atomic E-state index is 10.6. The van der Waals surface area contributed by atoms with Crippen LogP contribution in [0.3, 0.4) is 0 Å². The van der Waals surface area contributed by atoms with Crippen LogP contribution in [-0.2, 0) is 6.42 Å². The van der Waals surface area contributed by atoms with Crippen molar-refractivity contribution >= 4 is 11.6 Å². The van der Waals surface area contributed by atoms with Gasteiger partial charge in [0.15, 0.2) is 0 Å². The smallest absolute Gasteiger partial charge is 0.0636 e. The quantitative estimate of drug-likeness (QED) is 0.889. The van der Waals surface area contributed by atoms with E-state index in [0.717, 1.165) is 24.4 Å². The van der Waals surface area contributed by atoms with Crippen LogP contribution in [0.15, 0.2) is 18.2 Å². The van der Waals surface area contributed by atoms with E-state index >= 15 is 0 Å². The highest BCUT2D eigenvalue weighted by Gasteiger charge is 2.50. The monoisotopic (exact) mass is 305 g/mol. The molecule has 1 aromatic rings. The van der Waals surface area contributed by atoms with E-state index in [9.17, 15) is 5.11 Å². The average molecular weight is 306 g/mol. The fourth-order valence-corrected chi connectivity index (χ4v) is 4.93. The van der Waals surface area contributed by atoms with Crippen molar-refractivity contribution in [3.05, 3.63) is 34.3 Å². The molecule has 2 saturated carbocycles. The number of halogens is 1. The first-order valence-electron chi connectivity index (χ1n) is 8.38. The van der Waals surface area contributed by atoms with Gasteiger partial charge in [0.2, 0.25) is 0 Å². The van der Waals surface area contributed by atoms with Gasteiger partial charge in [0, 0.05) is 17.6 Å². The van der Waals surface area contributed by atoms with E-state index in [-0.39, 0.29) is 6.10 Å². The molecule has 3 aliphatic rings. The van der Waals surface area contributed by atoms with Crippen molar-refractivity contribution < 1.29 is 5.11 Å². The van der Waals surface area contributed by atoms with E-state index in [2.05, 4.69) is 17.4 Å². The van der Waals surface area contributed by atoms with E-state index < -0.39 is 0 Å². The molecule has 3 unspecified atom stereocenters. The Balaban J connectivity index is 1.39. The third-order valence-electron chi connectivity index (χ3n) is 6.25. The van der Waals surface area contributed by atoms with Gasteiger partial charge in [-0.15, -0.1) is 0 Å². The van der Waals surface area contributed by atoms with Crippen LogP contribution in [0, 0.1) is 11.3 Å². The minimum absolute atomic E-state index is 0.0843. The molecule has 1 spiro atoms. The molecule has 2 N–H and O–H groups in total. The van der Waals surface area contributed by atoms with Gasteiger partial charge < -0.3 is 10.4 Å². The molecule has 0 radical (unpaired) electrons. The molecule has 3 atom stereocenters. The molecule has 0 heterocycles. The van der Waals surface area contributed by atoms with Crippen molar-refractivity contribution in [2.75, 3.05) is 6.54 Å². The standard InChI is InChI=1S/C18H24ClNO/c19-14-4-2-12-3-5-16(15(12)10-14)20-11-13-6-9-18(17(13)21)7-1-8-18/h2,4,10,13,16-17,20-21H,1,3,5-9,11H2. The minimum Gasteiger partial charge on any atom is -0.392 e. The zero-order valence-electron chi connectivity index (χ0n) is 12.4. The third kappa shape index (κ3) is 2.32. The zero-order valence-corrected chi connectivity index (χ0v) is 13.2. The van der Waals surface area contributed by atoms with Crippen LogP contribution in [0.2, 0.25) is 5.02 Å². The Morgan fingerprint density at radius 3 is 2.81 bits per heavy atom. The van der Waals surface area contributed by atoms with Crippen molar-refractivity contribution in [3.63, 3.8) is 0 Å². The van der Waals surface area contributed by atoms with Gasteiger partial charge in [-0.25, -0.2) is 0 Å². The lowest BCUT2D eigenvalue weighted by Gasteiger charge is -2.42. The largest absolute Gasteiger partial charge is 0.392 e. The highest BCUT2D eigenvalue weighted by molar-refractivity contribution is 6.30. The van der Waals surface area contributed by atoms with E-state index in [0.29, 0.717) is 17.4 Å². The van der Waals surface area contributed by atoms with E-state index in [1.165, 1.54) is 43.2 Å². The summed E-state index contributed by atoms with van der Waals surface area (Å²) < 4.78 is 0. The Kier molecular flexibility index (Phi) is 3.52. The Hall–Kier alpha value is -0.570. The second-order valence-electron chi connectivity index (χ2n) is 7.30. The molecule has 114 valence electrons. The molecular formula is C18H24ClNO. The van der Waals surface area contributed by atoms with Crippen LogP contribution in [0.4, 0.5) is 0 Å². The summed E-state index contributed by atoms with van der Waals surface area (Å²) in [4.78, 5) is 0. The summed E-state index contributed by atoms with van der Waals surface area (Å²) in [5, 5.41) is 15.1. The van der Waals surface area contributed by atoms with E-state index in [1.54, 1.807) is 0 Å². The number of aliphatic hydroxyl groups is 1. The number of aliphatic hydroxyl groups excluding tert-OH is 1. The molecule has 2 nitrogen and oxygen atoms in total. The van der Waals surface area contributed by atoms with Crippen molar-refractivity contribution in [2.45, 2.75) is 57.1 Å². The molecule has 3 heteroatoms. The van der Waals surface area contributed by atoms with Crippen LogP contribution in [0.1, 0.15) is 55.7 Å². The predicted octanol–water partition coefficient (Wildman–Crippen LogP) is 3.86. The molecule has 0 aliphatic heterocycles. The van der Waals surface area contributed by atoms with Crippen molar-refractivity contribution in [2.24, 2.45) is 11.3 Å². The third-order valence-corrected chi connectivity index (χ3v) is 6.48. The first-order chi connectivity index (χ1) is 10.2. The summed E-state index contributed by atoms with van der Waals surface area (Å²) in [5.41, 5.74) is 3.09. The average Bonchev–Trinajstić information content (AvgIpc) is 2.97. The van der Waals surface area contributed by atoms with Gasteiger partial charge >= 0.3 is 0 Å². The molecule has 1 aromatic carbocycles. The lowest BCUT2D eigenvalue weighted by atomic mass is 9.65. The highest BCUT2D eigenvalue weighted by Crippen LogP contribution is 2.55. The number of nitrogens with one attached hydrogen (secondary N) is 1. The van der Waals surface area contributed by atoms with Crippen LogP contribution in [0.25, 0.3) is 0 Å². The second kappa shape index (κ2) is 5.26. The summed E-state index contributed by atoms with van der Waals surface area (Å²) in [6, 6.07) is 6.68. The molecule has 0 aromatic heterocycles. The maximum absolute atomic E-state index is 10.6. The molecule has 0 amide bonds. The minimum atomic E-state index is -0.0843. The summed E-state index contributed by atoms with van der Waals surface area (Å²) in [6.45, 7) is 0.944. The van der Waals surface area contributed by atoms with Crippen molar-refractivity contribution in [1.82, 2.24) is 5.32 Å². The molecule has 3 aliphatic carbocycles. The van der Waals surface area contributed by atoms with Gasteiger partial charge in [-0.2, -0.15) is 0 Å². The number of rotatable bonds is 3.